The van der Waals surface area contributed by atoms with Crippen LogP contribution in [-0.2, 0) is 9.59 Å². The quantitative estimate of drug-likeness (QED) is 0.640. The average molecular weight is 433 g/mol. The second kappa shape index (κ2) is 9.49. The van der Waals surface area contributed by atoms with Crippen molar-refractivity contribution < 1.29 is 23.9 Å². The molecular weight excluding hydrogens is 416 g/mol. The van der Waals surface area contributed by atoms with Gasteiger partial charge in [-0.25, -0.2) is 0 Å². The number of anilines is 1. The Morgan fingerprint density at radius 1 is 1.17 bits per heavy atom. The maximum absolute atomic E-state index is 12.2. The van der Waals surface area contributed by atoms with E-state index in [-0.39, 0.29) is 17.4 Å². The number of carbonyl (C=O) groups excluding carboxylic acids is 3. The van der Waals surface area contributed by atoms with Crippen LogP contribution in [-0.4, -0.2) is 30.3 Å². The van der Waals surface area contributed by atoms with Gasteiger partial charge in [0.25, 0.3) is 17.1 Å². The summed E-state index contributed by atoms with van der Waals surface area (Å²) in [5.41, 5.74) is 1.09. The van der Waals surface area contributed by atoms with Crippen LogP contribution in [0.15, 0.2) is 47.4 Å². The molecule has 0 aromatic heterocycles. The van der Waals surface area contributed by atoms with Crippen molar-refractivity contribution in [1.29, 1.82) is 0 Å². The van der Waals surface area contributed by atoms with Crippen molar-refractivity contribution in [3.8, 4) is 11.5 Å². The lowest BCUT2D eigenvalue weighted by atomic mass is 10.2. The van der Waals surface area contributed by atoms with Crippen molar-refractivity contribution in [2.24, 2.45) is 0 Å². The topological polar surface area (TPSA) is 93.7 Å². The SMILES string of the molecule is CCOc1ccc(NC(=O)COc2ccc(Cl)cc2/C=C2\SC(=O)NC2=O)cc1. The molecule has 1 aliphatic heterocycles. The van der Waals surface area contributed by atoms with E-state index in [0.29, 0.717) is 34.4 Å². The second-order valence-corrected chi connectivity index (χ2v) is 7.28. The molecule has 29 heavy (non-hydrogen) atoms. The van der Waals surface area contributed by atoms with Crippen molar-refractivity contribution >= 4 is 52.2 Å². The fourth-order valence-electron chi connectivity index (χ4n) is 2.47. The van der Waals surface area contributed by atoms with Crippen LogP contribution in [0.25, 0.3) is 6.08 Å². The third-order valence-electron chi connectivity index (χ3n) is 3.71. The molecule has 2 aromatic carbocycles. The summed E-state index contributed by atoms with van der Waals surface area (Å²) in [6, 6.07) is 11.8. The first-order valence-electron chi connectivity index (χ1n) is 8.64. The first kappa shape index (κ1) is 20.8. The maximum atomic E-state index is 12.2. The number of hydrogen-bond donors (Lipinski definition) is 2. The van der Waals surface area contributed by atoms with Crippen molar-refractivity contribution in [3.05, 3.63) is 58.0 Å². The van der Waals surface area contributed by atoms with E-state index in [0.717, 1.165) is 11.8 Å². The van der Waals surface area contributed by atoms with Gasteiger partial charge in [0.05, 0.1) is 11.5 Å². The van der Waals surface area contributed by atoms with Crippen LogP contribution in [0.5, 0.6) is 11.5 Å². The summed E-state index contributed by atoms with van der Waals surface area (Å²) in [5.74, 6) is 0.231. The van der Waals surface area contributed by atoms with Gasteiger partial charge < -0.3 is 14.8 Å². The normalized spacial score (nSPS) is 14.6. The Balaban J connectivity index is 1.65. The third-order valence-corrected chi connectivity index (χ3v) is 4.75. The van der Waals surface area contributed by atoms with Gasteiger partial charge in [0.1, 0.15) is 11.5 Å². The molecule has 0 radical (unpaired) electrons. The van der Waals surface area contributed by atoms with E-state index in [1.54, 1.807) is 42.5 Å². The highest BCUT2D eigenvalue weighted by Gasteiger charge is 2.25. The summed E-state index contributed by atoms with van der Waals surface area (Å²) < 4.78 is 11.0. The Kier molecular flexibility index (Phi) is 6.79. The monoisotopic (exact) mass is 432 g/mol. The van der Waals surface area contributed by atoms with Gasteiger partial charge in [-0.1, -0.05) is 11.6 Å². The lowest BCUT2D eigenvalue weighted by Gasteiger charge is -2.11. The Labute approximate surface area is 176 Å². The molecule has 0 aliphatic carbocycles. The molecule has 0 spiro atoms. The number of carbonyl (C=O) groups is 3. The van der Waals surface area contributed by atoms with E-state index < -0.39 is 11.1 Å². The Morgan fingerprint density at radius 3 is 2.59 bits per heavy atom. The third kappa shape index (κ3) is 5.75. The summed E-state index contributed by atoms with van der Waals surface area (Å²) in [4.78, 5) is 35.5. The number of imide groups is 1. The van der Waals surface area contributed by atoms with Crippen molar-refractivity contribution in [2.45, 2.75) is 6.92 Å². The molecule has 0 unspecified atom stereocenters. The van der Waals surface area contributed by atoms with Crippen LogP contribution in [0.3, 0.4) is 0 Å². The van der Waals surface area contributed by atoms with E-state index in [1.165, 1.54) is 6.08 Å². The van der Waals surface area contributed by atoms with Gasteiger partial charge in [0, 0.05) is 16.3 Å². The van der Waals surface area contributed by atoms with Crippen LogP contribution in [0, 0.1) is 0 Å². The predicted octanol–water partition coefficient (Wildman–Crippen LogP) is 4.08. The van der Waals surface area contributed by atoms with Crippen molar-refractivity contribution in [1.82, 2.24) is 5.32 Å². The molecule has 0 saturated carbocycles. The smallest absolute Gasteiger partial charge is 0.290 e. The molecule has 1 heterocycles. The molecule has 1 saturated heterocycles. The molecule has 2 N–H and O–H groups in total. The molecule has 7 nitrogen and oxygen atoms in total. The number of hydrogen-bond acceptors (Lipinski definition) is 6. The highest BCUT2D eigenvalue weighted by atomic mass is 35.5. The summed E-state index contributed by atoms with van der Waals surface area (Å²) in [5, 5.41) is 4.89. The Morgan fingerprint density at radius 2 is 1.93 bits per heavy atom. The highest BCUT2D eigenvalue weighted by molar-refractivity contribution is 8.18. The fourth-order valence-corrected chi connectivity index (χ4v) is 3.32. The molecule has 1 aliphatic rings. The number of halogens is 1. The van der Waals surface area contributed by atoms with Gasteiger partial charge in [-0.2, -0.15) is 0 Å². The molecule has 150 valence electrons. The molecule has 9 heteroatoms. The van der Waals surface area contributed by atoms with E-state index in [1.807, 2.05) is 6.92 Å². The standard InChI is InChI=1S/C20H17ClN2O5S/c1-2-27-15-6-4-14(5-7-15)22-18(24)11-28-16-8-3-13(21)9-12(16)10-17-19(25)23-20(26)29-17/h3-10H,2,11H2,1H3,(H,22,24)(H,23,25,26)/b17-10-. The minimum atomic E-state index is -0.487. The molecule has 1 fully saturated rings. The lowest BCUT2D eigenvalue weighted by molar-refractivity contribution is -0.118. The largest absolute Gasteiger partial charge is 0.494 e. The highest BCUT2D eigenvalue weighted by Crippen LogP contribution is 2.30. The number of benzene rings is 2. The molecule has 3 rings (SSSR count). The first-order valence-corrected chi connectivity index (χ1v) is 9.84. The van der Waals surface area contributed by atoms with Gasteiger partial charge >= 0.3 is 0 Å². The van der Waals surface area contributed by atoms with E-state index >= 15 is 0 Å². The van der Waals surface area contributed by atoms with Crippen LogP contribution >= 0.6 is 23.4 Å². The van der Waals surface area contributed by atoms with Gasteiger partial charge in [-0.05, 0) is 67.2 Å². The zero-order valence-corrected chi connectivity index (χ0v) is 16.9. The summed E-state index contributed by atoms with van der Waals surface area (Å²) >= 11 is 6.81. The summed E-state index contributed by atoms with van der Waals surface area (Å²) in [6.45, 7) is 2.21. The van der Waals surface area contributed by atoms with Crippen LogP contribution in [0.1, 0.15) is 12.5 Å². The summed E-state index contributed by atoms with van der Waals surface area (Å²) in [6.07, 6.45) is 1.50. The van der Waals surface area contributed by atoms with E-state index in [9.17, 15) is 14.4 Å². The molecule has 0 bridgehead atoms. The zero-order chi connectivity index (χ0) is 20.8. The molecule has 0 atom stereocenters. The zero-order valence-electron chi connectivity index (χ0n) is 15.4. The molecule has 2 aromatic rings. The Bertz CT molecular complexity index is 975. The van der Waals surface area contributed by atoms with Gasteiger partial charge in [-0.3, -0.25) is 19.7 Å². The second-order valence-electron chi connectivity index (χ2n) is 5.83. The van der Waals surface area contributed by atoms with Crippen molar-refractivity contribution in [3.63, 3.8) is 0 Å². The minimum absolute atomic E-state index is 0.223. The number of rotatable bonds is 7. The van der Waals surface area contributed by atoms with Gasteiger partial charge in [0.2, 0.25) is 0 Å². The maximum Gasteiger partial charge on any atom is 0.290 e. The number of thioether (sulfide) groups is 1. The van der Waals surface area contributed by atoms with Gasteiger partial charge in [0.15, 0.2) is 6.61 Å². The number of ether oxygens (including phenoxy) is 2. The van der Waals surface area contributed by atoms with Gasteiger partial charge in [-0.15, -0.1) is 0 Å². The van der Waals surface area contributed by atoms with E-state index in [2.05, 4.69) is 10.6 Å². The number of amides is 3. The Hall–Kier alpha value is -2.97. The first-order chi connectivity index (χ1) is 13.9. The summed E-state index contributed by atoms with van der Waals surface area (Å²) in [7, 11) is 0. The lowest BCUT2D eigenvalue weighted by Crippen LogP contribution is -2.20. The fraction of sp³-hybridized carbons (Fsp3) is 0.150. The van der Waals surface area contributed by atoms with E-state index in [4.69, 9.17) is 21.1 Å². The average Bonchev–Trinajstić information content (AvgIpc) is 3.00. The predicted molar refractivity (Wildman–Crippen MR) is 112 cm³/mol. The molecule has 3 amide bonds. The minimum Gasteiger partial charge on any atom is -0.494 e. The molecular formula is C20H17ClN2O5S. The van der Waals surface area contributed by atoms with Crippen LogP contribution in [0.4, 0.5) is 10.5 Å². The number of nitrogens with one attached hydrogen (secondary N) is 2. The van der Waals surface area contributed by atoms with Crippen molar-refractivity contribution in [2.75, 3.05) is 18.5 Å². The van der Waals surface area contributed by atoms with Crippen LogP contribution < -0.4 is 20.1 Å². The van der Waals surface area contributed by atoms with Crippen LogP contribution in [0.2, 0.25) is 5.02 Å².